The highest BCUT2D eigenvalue weighted by atomic mass is 35.5. The minimum Gasteiger partial charge on any atom is -0.340 e. The summed E-state index contributed by atoms with van der Waals surface area (Å²) in [5.41, 5.74) is 2.25. The van der Waals surface area contributed by atoms with Crippen LogP contribution in [0.3, 0.4) is 0 Å². The minimum absolute atomic E-state index is 0.0403. The number of likely N-dealkylation sites (N-methyl/N-ethyl adjacent to an activating group) is 1. The molecule has 2 aromatic carbocycles. The molecule has 0 aliphatic carbocycles. The molecule has 1 amide bonds. The molecule has 1 aliphatic heterocycles. The number of benzene rings is 2. The maximum Gasteiger partial charge on any atom is 0.239 e. The Labute approximate surface area is 155 Å². The lowest BCUT2D eigenvalue weighted by Gasteiger charge is -2.37. The van der Waals surface area contributed by atoms with Gasteiger partial charge >= 0.3 is 0 Å². The van der Waals surface area contributed by atoms with Gasteiger partial charge in [0.15, 0.2) is 0 Å². The second kappa shape index (κ2) is 8.50. The molecule has 1 aliphatic rings. The second-order valence-electron chi connectivity index (χ2n) is 6.75. The molecule has 132 valence electrons. The molecule has 0 N–H and O–H groups in total. The summed E-state index contributed by atoms with van der Waals surface area (Å²) in [5.74, 6) is 0.190. The van der Waals surface area contributed by atoms with E-state index in [1.807, 2.05) is 42.3 Å². The van der Waals surface area contributed by atoms with Crippen LogP contribution >= 0.6 is 11.6 Å². The summed E-state index contributed by atoms with van der Waals surface area (Å²) in [4.78, 5) is 17.2. The topological polar surface area (TPSA) is 23.6 Å². The quantitative estimate of drug-likeness (QED) is 0.795. The van der Waals surface area contributed by atoms with Crippen LogP contribution in [0.2, 0.25) is 5.02 Å². The van der Waals surface area contributed by atoms with E-state index >= 15 is 0 Å². The van der Waals surface area contributed by atoms with Gasteiger partial charge in [-0.3, -0.25) is 9.69 Å². The Kier molecular flexibility index (Phi) is 6.11. The third kappa shape index (κ3) is 4.62. The molecule has 0 aromatic heterocycles. The molecule has 0 radical (unpaired) electrons. The molecule has 3 nitrogen and oxygen atoms in total. The number of carbonyl (C=O) groups is 1. The third-order valence-corrected chi connectivity index (χ3v) is 5.24. The minimum atomic E-state index is -0.0403. The highest BCUT2D eigenvalue weighted by molar-refractivity contribution is 6.31. The summed E-state index contributed by atoms with van der Waals surface area (Å²) in [6.45, 7) is 2.36. The molecular formula is C21H25ClN2O. The third-order valence-electron chi connectivity index (χ3n) is 4.87. The largest absolute Gasteiger partial charge is 0.340 e. The summed E-state index contributed by atoms with van der Waals surface area (Å²) in [6, 6.07) is 18.1. The number of amides is 1. The lowest BCUT2D eigenvalue weighted by atomic mass is 9.99. The predicted octanol–water partition coefficient (Wildman–Crippen LogP) is 4.35. The Morgan fingerprint density at radius 1 is 1.12 bits per heavy atom. The summed E-state index contributed by atoms with van der Waals surface area (Å²) in [5, 5.41) is 0.715. The number of rotatable bonds is 5. The number of likely N-dealkylation sites (tertiary alicyclic amines) is 1. The molecule has 2 aromatic rings. The average Bonchev–Trinajstić information content (AvgIpc) is 2.64. The van der Waals surface area contributed by atoms with Crippen LogP contribution in [0, 0.1) is 0 Å². The van der Waals surface area contributed by atoms with Gasteiger partial charge in [0.25, 0.3) is 0 Å². The number of halogens is 1. The van der Waals surface area contributed by atoms with Gasteiger partial charge in [0.05, 0.1) is 6.04 Å². The molecule has 1 atom stereocenters. The number of piperidine rings is 1. The summed E-state index contributed by atoms with van der Waals surface area (Å²) < 4.78 is 0. The number of hydrogen-bond acceptors (Lipinski definition) is 2. The molecule has 1 unspecified atom stereocenters. The van der Waals surface area contributed by atoms with Crippen molar-refractivity contribution in [1.29, 1.82) is 0 Å². The first-order valence-corrected chi connectivity index (χ1v) is 9.29. The van der Waals surface area contributed by atoms with Gasteiger partial charge < -0.3 is 4.90 Å². The maximum absolute atomic E-state index is 13.1. The van der Waals surface area contributed by atoms with E-state index in [2.05, 4.69) is 29.2 Å². The van der Waals surface area contributed by atoms with Gasteiger partial charge in [-0.15, -0.1) is 0 Å². The standard InChI is InChI=1S/C21H25ClN2O/c1-23(16-18-11-5-6-12-19(18)22)21(25)20-13-7-8-14-24(20)15-17-9-3-2-4-10-17/h2-6,9-12,20H,7-8,13-16H2,1H3. The first-order chi connectivity index (χ1) is 12.1. The van der Waals surface area contributed by atoms with Crippen LogP contribution in [0.5, 0.6) is 0 Å². The fourth-order valence-electron chi connectivity index (χ4n) is 3.49. The molecule has 3 rings (SSSR count). The Hall–Kier alpha value is -1.84. The fraction of sp³-hybridized carbons (Fsp3) is 0.381. The maximum atomic E-state index is 13.1. The van der Waals surface area contributed by atoms with E-state index in [0.717, 1.165) is 37.9 Å². The van der Waals surface area contributed by atoms with Gasteiger partial charge in [0.1, 0.15) is 0 Å². The molecule has 25 heavy (non-hydrogen) atoms. The zero-order chi connectivity index (χ0) is 17.6. The SMILES string of the molecule is CN(Cc1ccccc1Cl)C(=O)C1CCCCN1Cc1ccccc1. The molecule has 0 bridgehead atoms. The average molecular weight is 357 g/mol. The second-order valence-corrected chi connectivity index (χ2v) is 7.16. The Morgan fingerprint density at radius 2 is 1.84 bits per heavy atom. The highest BCUT2D eigenvalue weighted by Gasteiger charge is 2.30. The van der Waals surface area contributed by atoms with Crippen LogP contribution in [0.25, 0.3) is 0 Å². The van der Waals surface area contributed by atoms with E-state index in [0.29, 0.717) is 11.6 Å². The van der Waals surface area contributed by atoms with E-state index in [1.165, 1.54) is 5.56 Å². The smallest absolute Gasteiger partial charge is 0.239 e. The Morgan fingerprint density at radius 3 is 2.60 bits per heavy atom. The Bertz CT molecular complexity index is 704. The van der Waals surface area contributed by atoms with E-state index in [4.69, 9.17) is 11.6 Å². The summed E-state index contributed by atoms with van der Waals surface area (Å²) in [7, 11) is 1.88. The van der Waals surface area contributed by atoms with Crippen LogP contribution in [0.15, 0.2) is 54.6 Å². The van der Waals surface area contributed by atoms with Gasteiger partial charge in [-0.2, -0.15) is 0 Å². The van der Waals surface area contributed by atoms with Crippen LogP contribution in [0.1, 0.15) is 30.4 Å². The molecule has 1 fully saturated rings. The molecule has 4 heteroatoms. The first kappa shape index (κ1) is 18.0. The summed E-state index contributed by atoms with van der Waals surface area (Å²) >= 11 is 6.25. The molecule has 0 spiro atoms. The predicted molar refractivity (Wildman–Crippen MR) is 102 cm³/mol. The van der Waals surface area contributed by atoms with Crippen molar-refractivity contribution < 1.29 is 4.79 Å². The van der Waals surface area contributed by atoms with Crippen LogP contribution in [-0.4, -0.2) is 35.3 Å². The zero-order valence-electron chi connectivity index (χ0n) is 14.7. The van der Waals surface area contributed by atoms with Crippen molar-refractivity contribution in [3.05, 3.63) is 70.7 Å². The van der Waals surface area contributed by atoms with Crippen molar-refractivity contribution in [2.75, 3.05) is 13.6 Å². The van der Waals surface area contributed by atoms with Gasteiger partial charge in [-0.05, 0) is 36.6 Å². The van der Waals surface area contributed by atoms with Gasteiger partial charge in [-0.1, -0.05) is 66.6 Å². The normalized spacial score (nSPS) is 18.1. The zero-order valence-corrected chi connectivity index (χ0v) is 15.5. The first-order valence-electron chi connectivity index (χ1n) is 8.91. The van der Waals surface area contributed by atoms with E-state index in [1.54, 1.807) is 0 Å². The van der Waals surface area contributed by atoms with E-state index < -0.39 is 0 Å². The van der Waals surface area contributed by atoms with E-state index in [-0.39, 0.29) is 11.9 Å². The fourth-order valence-corrected chi connectivity index (χ4v) is 3.69. The van der Waals surface area contributed by atoms with E-state index in [9.17, 15) is 4.79 Å². The van der Waals surface area contributed by atoms with Crippen LogP contribution in [-0.2, 0) is 17.9 Å². The Balaban J connectivity index is 1.68. The van der Waals surface area contributed by atoms with Crippen LogP contribution in [0.4, 0.5) is 0 Å². The molecular weight excluding hydrogens is 332 g/mol. The van der Waals surface area contributed by atoms with Crippen molar-refractivity contribution in [1.82, 2.24) is 9.80 Å². The van der Waals surface area contributed by atoms with Crippen molar-refractivity contribution in [2.45, 2.75) is 38.4 Å². The van der Waals surface area contributed by atoms with Crippen molar-refractivity contribution >= 4 is 17.5 Å². The van der Waals surface area contributed by atoms with Crippen LogP contribution < -0.4 is 0 Å². The van der Waals surface area contributed by atoms with Crippen molar-refractivity contribution in [3.63, 3.8) is 0 Å². The van der Waals surface area contributed by atoms with Gasteiger partial charge in [0.2, 0.25) is 5.91 Å². The molecule has 1 saturated heterocycles. The number of carbonyl (C=O) groups excluding carboxylic acids is 1. The number of nitrogens with zero attached hydrogens (tertiary/aromatic N) is 2. The molecule has 0 saturated carbocycles. The monoisotopic (exact) mass is 356 g/mol. The lowest BCUT2D eigenvalue weighted by molar-refractivity contribution is -0.137. The molecule has 1 heterocycles. The van der Waals surface area contributed by atoms with Gasteiger partial charge in [-0.25, -0.2) is 0 Å². The van der Waals surface area contributed by atoms with Gasteiger partial charge in [0, 0.05) is 25.2 Å². The summed E-state index contributed by atoms with van der Waals surface area (Å²) in [6.07, 6.45) is 3.20. The number of hydrogen-bond donors (Lipinski definition) is 0. The van der Waals surface area contributed by atoms with Crippen molar-refractivity contribution in [3.8, 4) is 0 Å². The highest BCUT2D eigenvalue weighted by Crippen LogP contribution is 2.23. The lowest BCUT2D eigenvalue weighted by Crippen LogP contribution is -2.49. The van der Waals surface area contributed by atoms with Crippen molar-refractivity contribution in [2.24, 2.45) is 0 Å².